The van der Waals surface area contributed by atoms with Gasteiger partial charge in [-0.2, -0.15) is 5.10 Å². The van der Waals surface area contributed by atoms with E-state index < -0.39 is 0 Å². The van der Waals surface area contributed by atoms with E-state index in [1.807, 2.05) is 42.2 Å². The molecule has 4 rings (SSSR count). The summed E-state index contributed by atoms with van der Waals surface area (Å²) in [6.45, 7) is 7.68. The number of carbonyl (C=O) groups is 1. The Morgan fingerprint density at radius 3 is 2.89 bits per heavy atom. The maximum absolute atomic E-state index is 12.8. The molecule has 2 aliphatic heterocycles. The molecule has 0 bridgehead atoms. The van der Waals surface area contributed by atoms with Crippen molar-refractivity contribution < 1.29 is 14.3 Å². The first-order chi connectivity index (χ1) is 13.7. The van der Waals surface area contributed by atoms with Gasteiger partial charge in [-0.3, -0.25) is 4.68 Å². The van der Waals surface area contributed by atoms with Gasteiger partial charge in [-0.1, -0.05) is 6.07 Å². The SMILES string of the molecule is CCn1cc(C2CN(C(=O)Nc3cccc(N4CCOCC4)c3)CCO2)cn1. The van der Waals surface area contributed by atoms with Crippen LogP contribution in [0.25, 0.3) is 0 Å². The van der Waals surface area contributed by atoms with Crippen molar-refractivity contribution in [3.05, 3.63) is 42.2 Å². The number of urea groups is 1. The molecule has 0 aliphatic carbocycles. The molecule has 1 unspecified atom stereocenters. The van der Waals surface area contributed by atoms with Gasteiger partial charge >= 0.3 is 6.03 Å². The summed E-state index contributed by atoms with van der Waals surface area (Å²) in [6.07, 6.45) is 3.67. The average Bonchev–Trinajstić information content (AvgIpc) is 3.24. The minimum Gasteiger partial charge on any atom is -0.378 e. The molecule has 2 amide bonds. The number of nitrogens with zero attached hydrogens (tertiary/aromatic N) is 4. The van der Waals surface area contributed by atoms with E-state index in [4.69, 9.17) is 9.47 Å². The third kappa shape index (κ3) is 4.28. The van der Waals surface area contributed by atoms with Crippen LogP contribution in [0, 0.1) is 0 Å². The first-order valence-electron chi connectivity index (χ1n) is 9.85. The maximum Gasteiger partial charge on any atom is 0.322 e. The highest BCUT2D eigenvalue weighted by Crippen LogP contribution is 2.24. The monoisotopic (exact) mass is 385 g/mol. The fraction of sp³-hybridized carbons (Fsp3) is 0.500. The smallest absolute Gasteiger partial charge is 0.322 e. The number of hydrogen-bond acceptors (Lipinski definition) is 5. The lowest BCUT2D eigenvalue weighted by Gasteiger charge is -2.33. The van der Waals surface area contributed by atoms with Crippen LogP contribution in [0.2, 0.25) is 0 Å². The Morgan fingerprint density at radius 2 is 2.11 bits per heavy atom. The quantitative estimate of drug-likeness (QED) is 0.875. The Kier molecular flexibility index (Phi) is 5.78. The first kappa shape index (κ1) is 18.8. The van der Waals surface area contributed by atoms with Gasteiger partial charge in [-0.25, -0.2) is 4.79 Å². The van der Waals surface area contributed by atoms with Gasteiger partial charge in [-0.05, 0) is 25.1 Å². The van der Waals surface area contributed by atoms with Gasteiger partial charge in [0.2, 0.25) is 0 Å². The predicted octanol–water partition coefficient (Wildman–Crippen LogP) is 2.35. The minimum absolute atomic E-state index is 0.102. The fourth-order valence-corrected chi connectivity index (χ4v) is 3.56. The lowest BCUT2D eigenvalue weighted by molar-refractivity contribution is -0.0135. The van der Waals surface area contributed by atoms with Gasteiger partial charge in [0.15, 0.2) is 0 Å². The van der Waals surface area contributed by atoms with Crippen LogP contribution in [0.5, 0.6) is 0 Å². The van der Waals surface area contributed by atoms with E-state index in [1.54, 1.807) is 4.90 Å². The number of aromatic nitrogens is 2. The lowest BCUT2D eigenvalue weighted by Crippen LogP contribution is -2.44. The summed E-state index contributed by atoms with van der Waals surface area (Å²) in [6, 6.07) is 7.88. The van der Waals surface area contributed by atoms with E-state index in [0.717, 1.165) is 49.8 Å². The molecule has 1 atom stereocenters. The van der Waals surface area contributed by atoms with Crippen molar-refractivity contribution in [1.82, 2.24) is 14.7 Å². The molecule has 0 spiro atoms. The normalized spacial score (nSPS) is 20.2. The number of carbonyl (C=O) groups excluding carboxylic acids is 1. The molecule has 150 valence electrons. The van der Waals surface area contributed by atoms with Crippen molar-refractivity contribution in [1.29, 1.82) is 0 Å². The highest BCUT2D eigenvalue weighted by atomic mass is 16.5. The number of rotatable bonds is 4. The minimum atomic E-state index is -0.139. The van der Waals surface area contributed by atoms with Gasteiger partial charge in [0.25, 0.3) is 0 Å². The van der Waals surface area contributed by atoms with E-state index in [9.17, 15) is 4.79 Å². The van der Waals surface area contributed by atoms with Crippen molar-refractivity contribution in [2.45, 2.75) is 19.6 Å². The molecule has 8 nitrogen and oxygen atoms in total. The standard InChI is InChI=1S/C20H27N5O3/c1-2-25-14-16(13-21-25)19-15-24(8-11-28-19)20(26)22-17-4-3-5-18(12-17)23-6-9-27-10-7-23/h3-5,12-14,19H,2,6-11,15H2,1H3,(H,22,26). The van der Waals surface area contributed by atoms with Crippen molar-refractivity contribution in [3.8, 4) is 0 Å². The van der Waals surface area contributed by atoms with Gasteiger partial charge in [0, 0.05) is 49.3 Å². The fourth-order valence-electron chi connectivity index (χ4n) is 3.56. The molecule has 1 N–H and O–H groups in total. The van der Waals surface area contributed by atoms with Crippen LogP contribution < -0.4 is 10.2 Å². The molecule has 2 fully saturated rings. The first-order valence-corrected chi connectivity index (χ1v) is 9.85. The Morgan fingerprint density at radius 1 is 1.25 bits per heavy atom. The zero-order valence-corrected chi connectivity index (χ0v) is 16.2. The molecular formula is C20H27N5O3. The van der Waals surface area contributed by atoms with E-state index in [1.165, 1.54) is 0 Å². The van der Waals surface area contributed by atoms with Crippen molar-refractivity contribution >= 4 is 17.4 Å². The number of nitrogens with one attached hydrogen (secondary N) is 1. The molecule has 1 aromatic carbocycles. The number of hydrogen-bond donors (Lipinski definition) is 1. The van der Waals surface area contributed by atoms with Crippen LogP contribution in [0.15, 0.2) is 36.7 Å². The summed E-state index contributed by atoms with van der Waals surface area (Å²) in [7, 11) is 0. The van der Waals surface area contributed by atoms with Gasteiger partial charge in [0.05, 0.1) is 32.6 Å². The molecule has 28 heavy (non-hydrogen) atoms. The average molecular weight is 385 g/mol. The lowest BCUT2D eigenvalue weighted by atomic mass is 10.1. The maximum atomic E-state index is 12.8. The molecule has 2 aromatic rings. The van der Waals surface area contributed by atoms with Crippen molar-refractivity contribution in [3.63, 3.8) is 0 Å². The Balaban J connectivity index is 1.39. The number of aryl methyl sites for hydroxylation is 1. The summed E-state index contributed by atoms with van der Waals surface area (Å²) in [5.74, 6) is 0. The second-order valence-electron chi connectivity index (χ2n) is 7.01. The van der Waals surface area contributed by atoms with E-state index in [-0.39, 0.29) is 12.1 Å². The number of benzene rings is 1. The van der Waals surface area contributed by atoms with Crippen LogP contribution in [0.1, 0.15) is 18.6 Å². The third-order valence-electron chi connectivity index (χ3n) is 5.18. The topological polar surface area (TPSA) is 71.9 Å². The highest BCUT2D eigenvalue weighted by Gasteiger charge is 2.26. The number of amides is 2. The van der Waals surface area contributed by atoms with Crippen LogP contribution in [0.4, 0.5) is 16.2 Å². The van der Waals surface area contributed by atoms with Gasteiger partial charge in [0.1, 0.15) is 6.10 Å². The van der Waals surface area contributed by atoms with Crippen molar-refractivity contribution in [2.24, 2.45) is 0 Å². The van der Waals surface area contributed by atoms with E-state index in [0.29, 0.717) is 19.7 Å². The number of morpholine rings is 2. The molecule has 0 saturated carbocycles. The molecule has 2 saturated heterocycles. The van der Waals surface area contributed by atoms with Crippen LogP contribution in [-0.4, -0.2) is 66.7 Å². The zero-order valence-electron chi connectivity index (χ0n) is 16.2. The Labute approximate surface area is 165 Å². The molecule has 1 aromatic heterocycles. The third-order valence-corrected chi connectivity index (χ3v) is 5.18. The number of anilines is 2. The zero-order chi connectivity index (χ0) is 19.3. The predicted molar refractivity (Wildman–Crippen MR) is 107 cm³/mol. The summed E-state index contributed by atoms with van der Waals surface area (Å²) < 4.78 is 13.1. The molecule has 0 radical (unpaired) electrons. The van der Waals surface area contributed by atoms with Crippen LogP contribution in [-0.2, 0) is 16.0 Å². The summed E-state index contributed by atoms with van der Waals surface area (Å²) in [5.41, 5.74) is 2.91. The van der Waals surface area contributed by atoms with Crippen molar-refractivity contribution in [2.75, 3.05) is 56.2 Å². The summed E-state index contributed by atoms with van der Waals surface area (Å²) >= 11 is 0. The Bertz CT molecular complexity index is 803. The van der Waals surface area contributed by atoms with Gasteiger partial charge < -0.3 is 24.6 Å². The summed E-state index contributed by atoms with van der Waals surface area (Å²) in [5, 5.41) is 7.34. The van der Waals surface area contributed by atoms with E-state index >= 15 is 0 Å². The largest absolute Gasteiger partial charge is 0.378 e. The second kappa shape index (κ2) is 8.62. The van der Waals surface area contributed by atoms with Crippen LogP contribution >= 0.6 is 0 Å². The molecule has 2 aliphatic rings. The second-order valence-corrected chi connectivity index (χ2v) is 7.01. The van der Waals surface area contributed by atoms with Crippen LogP contribution in [0.3, 0.4) is 0 Å². The van der Waals surface area contributed by atoms with Gasteiger partial charge in [-0.15, -0.1) is 0 Å². The molecule has 8 heteroatoms. The van der Waals surface area contributed by atoms with E-state index in [2.05, 4.69) is 21.4 Å². The summed E-state index contributed by atoms with van der Waals surface area (Å²) in [4.78, 5) is 16.9. The Hall–Kier alpha value is -2.58. The highest BCUT2D eigenvalue weighted by molar-refractivity contribution is 5.90. The molecule has 3 heterocycles. The molecular weight excluding hydrogens is 358 g/mol. The number of ether oxygens (including phenoxy) is 2.